The van der Waals surface area contributed by atoms with E-state index in [1.807, 2.05) is 0 Å². The monoisotopic (exact) mass is 559 g/mol. The second-order valence-electron chi connectivity index (χ2n) is 6.34. The van der Waals surface area contributed by atoms with E-state index in [-0.39, 0.29) is 80.8 Å². The molecular formula is C18H13CuN6NaO8S. The number of nitrogen functional groups attached to an aromatic ring is 1. The van der Waals surface area contributed by atoms with Gasteiger partial charge in [-0.1, -0.05) is 0 Å². The Morgan fingerprint density at radius 3 is 1.97 bits per heavy atom. The van der Waals surface area contributed by atoms with Crippen molar-refractivity contribution in [3.63, 3.8) is 0 Å². The third kappa shape index (κ3) is 7.43. The molecule has 3 aromatic rings. The fourth-order valence-electron chi connectivity index (χ4n) is 2.47. The van der Waals surface area contributed by atoms with Crippen LogP contribution in [0.25, 0.3) is 0 Å². The van der Waals surface area contributed by atoms with Gasteiger partial charge in [0.2, 0.25) is 0 Å². The molecule has 0 aromatic heterocycles. The molecule has 14 nitrogen and oxygen atoms in total. The van der Waals surface area contributed by atoms with Crippen molar-refractivity contribution in [1.82, 2.24) is 0 Å². The third-order valence-corrected chi connectivity index (χ3v) is 4.87. The average molecular weight is 560 g/mol. The van der Waals surface area contributed by atoms with Gasteiger partial charge in [0.1, 0.15) is 44.4 Å². The molecule has 5 N–H and O–H groups in total. The number of hydrogen-bond acceptors (Lipinski definition) is 13. The Bertz CT molecular complexity index is 1430. The van der Waals surface area contributed by atoms with E-state index in [9.17, 15) is 38.4 Å². The topological polar surface area (TPSA) is 236 Å². The first kappa shape index (κ1) is 29.9. The Labute approximate surface area is 229 Å². The van der Waals surface area contributed by atoms with Gasteiger partial charge in [0, 0.05) is 35.3 Å². The van der Waals surface area contributed by atoms with Crippen LogP contribution >= 0.6 is 0 Å². The number of hydrogen-bond donors (Lipinski definition) is 4. The zero-order valence-electron chi connectivity index (χ0n) is 17.5. The summed E-state index contributed by atoms with van der Waals surface area (Å²) >= 11 is 0. The van der Waals surface area contributed by atoms with Crippen molar-refractivity contribution in [3.05, 3.63) is 58.6 Å². The Hall–Kier alpha value is -3.11. The van der Waals surface area contributed by atoms with Gasteiger partial charge in [-0.25, -0.2) is 8.42 Å². The maximum Gasteiger partial charge on any atom is 1.00 e. The van der Waals surface area contributed by atoms with Gasteiger partial charge in [-0.3, -0.25) is 10.1 Å². The van der Waals surface area contributed by atoms with Crippen LogP contribution in [0, 0.1) is 10.1 Å². The van der Waals surface area contributed by atoms with E-state index in [0.717, 1.165) is 36.4 Å². The van der Waals surface area contributed by atoms with Crippen molar-refractivity contribution in [1.29, 1.82) is 0 Å². The Morgan fingerprint density at radius 1 is 0.857 bits per heavy atom. The number of nitrogens with zero attached hydrogens (tertiary/aromatic N) is 5. The van der Waals surface area contributed by atoms with E-state index >= 15 is 0 Å². The van der Waals surface area contributed by atoms with Gasteiger partial charge in [-0.15, -0.1) is 15.3 Å². The SMILES string of the molecule is Nc1cc(N=Nc2cc(O)cc(N=Nc3cc(S(=O)(=O)[O-])ccc3O)c2O)ccc1[N+](=O)[O-].[Cu].[Na+]. The van der Waals surface area contributed by atoms with Crippen LogP contribution in [0.3, 0.4) is 0 Å². The molecule has 0 aliphatic carbocycles. The number of phenolic OH excluding ortho intramolecular Hbond substituents is 3. The standard InChI is InChI=1S/C18H14N6O8S.Cu.Na/c19-12-5-9(1-3-16(12)24(28)29)20-22-14-6-10(25)7-15(18(14)27)23-21-13-8-11(33(30,31)32)2-4-17(13)26;;/h1-8,25-27H,19H2,(H,30,31,32);;/q;;+1/p-1. The van der Waals surface area contributed by atoms with Gasteiger partial charge in [-0.05, 0) is 30.3 Å². The second-order valence-corrected chi connectivity index (χ2v) is 7.72. The summed E-state index contributed by atoms with van der Waals surface area (Å²) in [5.41, 5.74) is 4.22. The van der Waals surface area contributed by atoms with Gasteiger partial charge in [0.05, 0.1) is 15.5 Å². The van der Waals surface area contributed by atoms with Crippen molar-refractivity contribution in [3.8, 4) is 17.2 Å². The first-order valence-electron chi connectivity index (χ1n) is 8.68. The van der Waals surface area contributed by atoms with Crippen LogP contribution < -0.4 is 35.3 Å². The molecule has 0 aliphatic heterocycles. The number of nitrogens with two attached hydrogens (primary N) is 1. The normalized spacial score (nSPS) is 11.2. The summed E-state index contributed by atoms with van der Waals surface area (Å²) < 4.78 is 33.4. The Morgan fingerprint density at radius 2 is 1.43 bits per heavy atom. The van der Waals surface area contributed by atoms with Crippen LogP contribution in [-0.2, 0) is 27.2 Å². The minimum absolute atomic E-state index is 0. The van der Waals surface area contributed by atoms with Crippen molar-refractivity contribution in [2.24, 2.45) is 20.5 Å². The molecule has 1 radical (unpaired) electrons. The van der Waals surface area contributed by atoms with E-state index in [4.69, 9.17) is 5.73 Å². The maximum atomic E-state index is 11.1. The summed E-state index contributed by atoms with van der Waals surface area (Å²) in [4.78, 5) is 9.48. The van der Waals surface area contributed by atoms with Crippen molar-refractivity contribution in [2.45, 2.75) is 4.90 Å². The van der Waals surface area contributed by atoms with Crippen molar-refractivity contribution < 1.29 is 79.8 Å². The molecule has 0 saturated carbocycles. The summed E-state index contributed by atoms with van der Waals surface area (Å²) in [7, 11) is -4.82. The molecule has 3 aromatic carbocycles. The van der Waals surface area contributed by atoms with E-state index in [0.29, 0.717) is 0 Å². The molecule has 0 unspecified atom stereocenters. The predicted octanol–water partition coefficient (Wildman–Crippen LogP) is 1.03. The summed E-state index contributed by atoms with van der Waals surface area (Å²) in [5.74, 6) is -1.50. The minimum atomic E-state index is -4.82. The fraction of sp³-hybridized carbons (Fsp3) is 0. The number of aromatic hydroxyl groups is 3. The first-order chi connectivity index (χ1) is 15.5. The van der Waals surface area contributed by atoms with Crippen LogP contribution in [0.4, 0.5) is 34.1 Å². The number of phenols is 3. The van der Waals surface area contributed by atoms with Crippen LogP contribution in [0.2, 0.25) is 0 Å². The summed E-state index contributed by atoms with van der Waals surface area (Å²) in [6.45, 7) is 0. The summed E-state index contributed by atoms with van der Waals surface area (Å²) in [6, 6.07) is 8.18. The molecule has 17 heteroatoms. The smallest absolute Gasteiger partial charge is 0.744 e. The second kappa shape index (κ2) is 12.0. The average Bonchev–Trinajstić information content (AvgIpc) is 2.73. The fourth-order valence-corrected chi connectivity index (χ4v) is 2.96. The molecule has 181 valence electrons. The molecule has 0 heterocycles. The van der Waals surface area contributed by atoms with E-state index in [2.05, 4.69) is 20.5 Å². The van der Waals surface area contributed by atoms with Gasteiger partial charge in [0.25, 0.3) is 5.69 Å². The molecule has 0 spiro atoms. The zero-order chi connectivity index (χ0) is 24.3. The Kier molecular flexibility index (Phi) is 10.3. The van der Waals surface area contributed by atoms with E-state index in [1.165, 1.54) is 12.1 Å². The third-order valence-electron chi connectivity index (χ3n) is 4.04. The van der Waals surface area contributed by atoms with Crippen LogP contribution in [-0.4, -0.2) is 33.2 Å². The van der Waals surface area contributed by atoms with Gasteiger partial charge < -0.3 is 25.6 Å². The largest absolute Gasteiger partial charge is 1.00 e. The molecule has 0 amide bonds. The molecule has 0 aliphatic rings. The number of azo groups is 2. The molecule has 3 rings (SSSR count). The predicted molar refractivity (Wildman–Crippen MR) is 112 cm³/mol. The van der Waals surface area contributed by atoms with Crippen LogP contribution in [0.1, 0.15) is 0 Å². The van der Waals surface area contributed by atoms with Crippen molar-refractivity contribution in [2.75, 3.05) is 5.73 Å². The van der Waals surface area contributed by atoms with Gasteiger partial charge in [-0.2, -0.15) is 5.11 Å². The number of rotatable bonds is 6. The maximum absolute atomic E-state index is 11.1. The molecule has 35 heavy (non-hydrogen) atoms. The number of nitro benzene ring substituents is 1. The number of nitro groups is 1. The van der Waals surface area contributed by atoms with Crippen molar-refractivity contribution >= 4 is 44.2 Å². The molecule has 0 saturated heterocycles. The molecular weight excluding hydrogens is 547 g/mol. The quantitative estimate of drug-likeness (QED) is 0.0640. The molecule has 0 atom stereocenters. The molecule has 0 bridgehead atoms. The zero-order valence-corrected chi connectivity index (χ0v) is 21.3. The Balaban J connectivity index is 0.00000306. The number of anilines is 1. The summed E-state index contributed by atoms with van der Waals surface area (Å²) in [6.07, 6.45) is 0. The number of benzene rings is 3. The minimum Gasteiger partial charge on any atom is -0.744 e. The summed E-state index contributed by atoms with van der Waals surface area (Å²) in [5, 5.41) is 55.6. The van der Waals surface area contributed by atoms with E-state index < -0.39 is 37.2 Å². The molecule has 0 fully saturated rings. The van der Waals surface area contributed by atoms with E-state index in [1.54, 1.807) is 0 Å². The van der Waals surface area contributed by atoms with Crippen LogP contribution in [0.15, 0.2) is 73.9 Å². The van der Waals surface area contributed by atoms with Gasteiger partial charge in [0.15, 0.2) is 5.75 Å². The van der Waals surface area contributed by atoms with Crippen LogP contribution in [0.5, 0.6) is 17.2 Å². The first-order valence-corrected chi connectivity index (χ1v) is 10.1. The van der Waals surface area contributed by atoms with Gasteiger partial charge >= 0.3 is 29.6 Å².